The number of nitrogens with one attached hydrogen (secondary N) is 1. The third-order valence-electron chi connectivity index (χ3n) is 5.53. The Bertz CT molecular complexity index is 648. The minimum Gasteiger partial charge on any atom is -0.354 e. The second-order valence-electron chi connectivity index (χ2n) is 7.49. The third-order valence-corrected chi connectivity index (χ3v) is 5.53. The van der Waals surface area contributed by atoms with E-state index in [0.717, 1.165) is 71.2 Å². The number of halogens is 1. The Hall–Kier alpha value is -1.36. The zero-order valence-corrected chi connectivity index (χ0v) is 19.6. The SMILES string of the molecule is CN=C(NCCn1cc(C)cn1)N1CCN(C(C)C(=O)N2CCCC2)CC1.I. The molecular weight excluding hydrogens is 469 g/mol. The lowest BCUT2D eigenvalue weighted by molar-refractivity contribution is -0.135. The molecule has 0 aromatic carbocycles. The molecule has 158 valence electrons. The summed E-state index contributed by atoms with van der Waals surface area (Å²) in [6.07, 6.45) is 6.21. The van der Waals surface area contributed by atoms with Crippen molar-refractivity contribution in [1.82, 2.24) is 29.8 Å². The highest BCUT2D eigenvalue weighted by Gasteiger charge is 2.30. The van der Waals surface area contributed by atoms with E-state index in [0.29, 0.717) is 0 Å². The Morgan fingerprint density at radius 2 is 1.86 bits per heavy atom. The minimum atomic E-state index is -0.0247. The normalized spacial score (nSPS) is 19.5. The van der Waals surface area contributed by atoms with Crippen LogP contribution in [-0.4, -0.2) is 95.2 Å². The number of aromatic nitrogens is 2. The summed E-state index contributed by atoms with van der Waals surface area (Å²) in [5.74, 6) is 1.22. The minimum absolute atomic E-state index is 0. The molecule has 1 N–H and O–H groups in total. The molecule has 0 radical (unpaired) electrons. The quantitative estimate of drug-likeness (QED) is 0.369. The molecule has 2 aliphatic rings. The van der Waals surface area contributed by atoms with Gasteiger partial charge in [-0.1, -0.05) is 0 Å². The summed E-state index contributed by atoms with van der Waals surface area (Å²) in [7, 11) is 1.83. The maximum absolute atomic E-state index is 12.6. The summed E-state index contributed by atoms with van der Waals surface area (Å²) in [5, 5.41) is 7.74. The third kappa shape index (κ3) is 5.82. The van der Waals surface area contributed by atoms with Gasteiger partial charge in [0.25, 0.3) is 0 Å². The molecule has 28 heavy (non-hydrogen) atoms. The van der Waals surface area contributed by atoms with Gasteiger partial charge < -0.3 is 15.1 Å². The molecular formula is C19H34IN7O. The second kappa shape index (κ2) is 11.0. The molecule has 2 aliphatic heterocycles. The van der Waals surface area contributed by atoms with Gasteiger partial charge >= 0.3 is 0 Å². The van der Waals surface area contributed by atoms with E-state index in [1.807, 2.05) is 35.9 Å². The number of likely N-dealkylation sites (tertiary alicyclic amines) is 1. The lowest BCUT2D eigenvalue weighted by Gasteiger charge is -2.39. The van der Waals surface area contributed by atoms with Crippen molar-refractivity contribution in [3.63, 3.8) is 0 Å². The van der Waals surface area contributed by atoms with Gasteiger partial charge in [0.05, 0.1) is 18.8 Å². The Labute approximate surface area is 185 Å². The number of carbonyl (C=O) groups excluding carboxylic acids is 1. The van der Waals surface area contributed by atoms with Gasteiger partial charge in [0.1, 0.15) is 0 Å². The van der Waals surface area contributed by atoms with E-state index in [1.54, 1.807) is 0 Å². The molecule has 1 aromatic rings. The number of guanidine groups is 1. The van der Waals surface area contributed by atoms with Crippen LogP contribution in [0.4, 0.5) is 0 Å². The van der Waals surface area contributed by atoms with Gasteiger partial charge in [-0.05, 0) is 32.3 Å². The summed E-state index contributed by atoms with van der Waals surface area (Å²) in [6.45, 7) is 11.1. The highest BCUT2D eigenvalue weighted by Crippen LogP contribution is 2.14. The summed E-state index contributed by atoms with van der Waals surface area (Å²) in [6, 6.07) is -0.0247. The molecule has 1 unspecified atom stereocenters. The van der Waals surface area contributed by atoms with Gasteiger partial charge in [-0.15, -0.1) is 24.0 Å². The Morgan fingerprint density at radius 3 is 2.43 bits per heavy atom. The smallest absolute Gasteiger partial charge is 0.239 e. The fourth-order valence-corrected chi connectivity index (χ4v) is 3.88. The highest BCUT2D eigenvalue weighted by atomic mass is 127. The number of hydrogen-bond donors (Lipinski definition) is 1. The molecule has 0 spiro atoms. The van der Waals surface area contributed by atoms with Crippen molar-refractivity contribution < 1.29 is 4.79 Å². The van der Waals surface area contributed by atoms with Gasteiger partial charge in [0.15, 0.2) is 5.96 Å². The number of aliphatic imine (C=N–C) groups is 1. The van der Waals surface area contributed by atoms with Crippen LogP contribution in [0.5, 0.6) is 0 Å². The van der Waals surface area contributed by atoms with Crippen LogP contribution in [-0.2, 0) is 11.3 Å². The molecule has 1 aromatic heterocycles. The van der Waals surface area contributed by atoms with Gasteiger partial charge in [0, 0.05) is 59.1 Å². The predicted octanol–water partition coefficient (Wildman–Crippen LogP) is 1.01. The fourth-order valence-electron chi connectivity index (χ4n) is 3.88. The van der Waals surface area contributed by atoms with Crippen LogP contribution in [0, 0.1) is 6.92 Å². The lowest BCUT2D eigenvalue weighted by Crippen LogP contribution is -2.57. The highest BCUT2D eigenvalue weighted by molar-refractivity contribution is 14.0. The van der Waals surface area contributed by atoms with Crippen molar-refractivity contribution in [1.29, 1.82) is 0 Å². The first-order chi connectivity index (χ1) is 13.1. The number of carbonyl (C=O) groups is 1. The molecule has 2 saturated heterocycles. The van der Waals surface area contributed by atoms with E-state index in [9.17, 15) is 4.79 Å². The van der Waals surface area contributed by atoms with Crippen molar-refractivity contribution in [3.8, 4) is 0 Å². The molecule has 1 amide bonds. The first-order valence-corrected chi connectivity index (χ1v) is 10.1. The maximum atomic E-state index is 12.6. The summed E-state index contributed by atoms with van der Waals surface area (Å²) < 4.78 is 1.94. The van der Waals surface area contributed by atoms with Crippen LogP contribution >= 0.6 is 24.0 Å². The average Bonchev–Trinajstić information content (AvgIpc) is 3.36. The van der Waals surface area contributed by atoms with Crippen LogP contribution in [0.25, 0.3) is 0 Å². The molecule has 2 fully saturated rings. The van der Waals surface area contributed by atoms with Crippen LogP contribution in [0.3, 0.4) is 0 Å². The standard InChI is InChI=1S/C19H33N7O.HI/c1-16-14-22-26(15-16)9-6-21-19(20-3)25-12-10-23(11-13-25)17(2)18(27)24-7-4-5-8-24;/h14-15,17H,4-13H2,1-3H3,(H,20,21);1H. The molecule has 1 atom stereocenters. The zero-order chi connectivity index (χ0) is 19.2. The van der Waals surface area contributed by atoms with Crippen LogP contribution in [0.1, 0.15) is 25.3 Å². The number of rotatable bonds is 5. The summed E-state index contributed by atoms with van der Waals surface area (Å²) >= 11 is 0. The van der Waals surface area contributed by atoms with Crippen LogP contribution in [0.2, 0.25) is 0 Å². The van der Waals surface area contributed by atoms with E-state index in [-0.39, 0.29) is 35.9 Å². The van der Waals surface area contributed by atoms with Crippen molar-refractivity contribution in [3.05, 3.63) is 18.0 Å². The lowest BCUT2D eigenvalue weighted by atomic mass is 10.2. The molecule has 9 heteroatoms. The number of amides is 1. The van der Waals surface area contributed by atoms with Gasteiger partial charge in [0.2, 0.25) is 5.91 Å². The van der Waals surface area contributed by atoms with E-state index < -0.39 is 0 Å². The van der Waals surface area contributed by atoms with E-state index in [1.165, 1.54) is 5.56 Å². The van der Waals surface area contributed by atoms with E-state index in [2.05, 4.69) is 32.1 Å². The van der Waals surface area contributed by atoms with Crippen molar-refractivity contribution in [2.45, 2.75) is 39.3 Å². The maximum Gasteiger partial charge on any atom is 0.239 e. The second-order valence-corrected chi connectivity index (χ2v) is 7.49. The van der Waals surface area contributed by atoms with Crippen molar-refractivity contribution >= 4 is 35.8 Å². The van der Waals surface area contributed by atoms with E-state index in [4.69, 9.17) is 0 Å². The Kier molecular flexibility index (Phi) is 9.00. The monoisotopic (exact) mass is 503 g/mol. The number of nitrogens with zero attached hydrogens (tertiary/aromatic N) is 6. The number of aryl methyl sites for hydroxylation is 1. The Balaban J connectivity index is 0.00000280. The first kappa shape index (κ1) is 22.9. The summed E-state index contributed by atoms with van der Waals surface area (Å²) in [5.41, 5.74) is 1.17. The largest absolute Gasteiger partial charge is 0.354 e. The number of hydrogen-bond acceptors (Lipinski definition) is 4. The van der Waals surface area contributed by atoms with Crippen LogP contribution in [0.15, 0.2) is 17.4 Å². The van der Waals surface area contributed by atoms with Crippen molar-refractivity contribution in [2.24, 2.45) is 4.99 Å². The topological polar surface area (TPSA) is 69.0 Å². The Morgan fingerprint density at radius 1 is 1.18 bits per heavy atom. The molecule has 0 bridgehead atoms. The van der Waals surface area contributed by atoms with Gasteiger partial charge in [-0.2, -0.15) is 5.10 Å². The van der Waals surface area contributed by atoms with Gasteiger partial charge in [-0.25, -0.2) is 0 Å². The zero-order valence-electron chi connectivity index (χ0n) is 17.3. The van der Waals surface area contributed by atoms with Crippen LogP contribution < -0.4 is 5.32 Å². The number of piperazine rings is 1. The molecule has 3 heterocycles. The molecule has 0 saturated carbocycles. The molecule has 0 aliphatic carbocycles. The fraction of sp³-hybridized carbons (Fsp3) is 0.737. The van der Waals surface area contributed by atoms with Gasteiger partial charge in [-0.3, -0.25) is 19.4 Å². The average molecular weight is 503 g/mol. The first-order valence-electron chi connectivity index (χ1n) is 10.1. The molecule has 3 rings (SSSR count). The van der Waals surface area contributed by atoms with Crippen molar-refractivity contribution in [2.75, 3.05) is 52.9 Å². The summed E-state index contributed by atoms with van der Waals surface area (Å²) in [4.78, 5) is 23.6. The molecule has 8 nitrogen and oxygen atoms in total. The van der Waals surface area contributed by atoms with E-state index >= 15 is 0 Å². The predicted molar refractivity (Wildman–Crippen MR) is 122 cm³/mol.